The van der Waals surface area contributed by atoms with E-state index in [1.54, 1.807) is 0 Å². The van der Waals surface area contributed by atoms with Gasteiger partial charge in [-0.3, -0.25) is 4.99 Å². The molecule has 0 spiro atoms. The van der Waals surface area contributed by atoms with Gasteiger partial charge in [-0.1, -0.05) is 0 Å². The van der Waals surface area contributed by atoms with E-state index in [0.29, 0.717) is 12.0 Å². The molecular weight excluding hydrogens is 170 g/mol. The number of rotatable bonds is 1. The molecule has 0 amide bonds. The van der Waals surface area contributed by atoms with Crippen molar-refractivity contribution in [3.63, 3.8) is 0 Å². The van der Waals surface area contributed by atoms with Gasteiger partial charge in [-0.25, -0.2) is 0 Å². The fourth-order valence-corrected chi connectivity index (χ4v) is 2.33. The molecule has 1 fully saturated rings. The minimum atomic E-state index is 0.541. The first-order valence-electron chi connectivity index (χ1n) is 4.40. The zero-order valence-corrected chi connectivity index (χ0v) is 8.60. The maximum atomic E-state index is 5.82. The summed E-state index contributed by atoms with van der Waals surface area (Å²) < 4.78 is 0. The number of thioether (sulfide) groups is 1. The average Bonchev–Trinajstić information content (AvgIpc) is 2.05. The molecule has 0 aromatic rings. The molecule has 0 aliphatic carbocycles. The molecule has 4 heteroatoms. The molecule has 1 rings (SSSR count). The van der Waals surface area contributed by atoms with Crippen molar-refractivity contribution in [2.24, 2.45) is 10.7 Å². The minimum absolute atomic E-state index is 0.541. The van der Waals surface area contributed by atoms with Gasteiger partial charge in [0.15, 0.2) is 5.96 Å². The summed E-state index contributed by atoms with van der Waals surface area (Å²) in [5.41, 5.74) is 5.82. The summed E-state index contributed by atoms with van der Waals surface area (Å²) in [5, 5.41) is 0. The molecule has 1 unspecified atom stereocenters. The number of hydrogen-bond donors (Lipinski definition) is 1. The first-order valence-corrected chi connectivity index (χ1v) is 5.55. The molecule has 2 N–H and O–H groups in total. The Morgan fingerprint density at radius 2 is 2.50 bits per heavy atom. The van der Waals surface area contributed by atoms with Crippen LogP contribution in [0.4, 0.5) is 0 Å². The number of guanidine groups is 1. The van der Waals surface area contributed by atoms with E-state index >= 15 is 0 Å². The van der Waals surface area contributed by atoms with E-state index in [-0.39, 0.29) is 0 Å². The lowest BCUT2D eigenvalue weighted by Crippen LogP contribution is -2.48. The third kappa shape index (κ3) is 2.30. The molecule has 0 aromatic heterocycles. The Morgan fingerprint density at radius 1 is 1.75 bits per heavy atom. The van der Waals surface area contributed by atoms with E-state index < -0.39 is 0 Å². The van der Waals surface area contributed by atoms with Crippen molar-refractivity contribution in [3.05, 3.63) is 0 Å². The van der Waals surface area contributed by atoms with Gasteiger partial charge in [0, 0.05) is 30.6 Å². The fourth-order valence-electron chi connectivity index (χ4n) is 1.32. The highest BCUT2D eigenvalue weighted by atomic mass is 32.2. The van der Waals surface area contributed by atoms with Crippen LogP contribution in [0.1, 0.15) is 13.8 Å². The highest BCUT2D eigenvalue weighted by Crippen LogP contribution is 2.15. The summed E-state index contributed by atoms with van der Waals surface area (Å²) in [6.45, 7) is 6.03. The minimum Gasteiger partial charge on any atom is -0.370 e. The molecule has 0 radical (unpaired) electrons. The Balaban J connectivity index is 2.53. The van der Waals surface area contributed by atoms with Crippen LogP contribution in [0, 0.1) is 0 Å². The Kier molecular flexibility index (Phi) is 3.72. The lowest BCUT2D eigenvalue weighted by molar-refractivity contribution is 0.360. The number of nitrogens with two attached hydrogens (primary N) is 1. The van der Waals surface area contributed by atoms with Gasteiger partial charge in [-0.05, 0) is 13.8 Å². The Labute approximate surface area is 78.4 Å². The second-order valence-corrected chi connectivity index (χ2v) is 4.10. The topological polar surface area (TPSA) is 41.6 Å². The van der Waals surface area contributed by atoms with Gasteiger partial charge in [-0.15, -0.1) is 0 Å². The predicted molar refractivity (Wildman–Crippen MR) is 55.7 cm³/mol. The van der Waals surface area contributed by atoms with E-state index in [4.69, 9.17) is 5.73 Å². The average molecular weight is 187 g/mol. The molecule has 1 atom stereocenters. The van der Waals surface area contributed by atoms with Crippen LogP contribution in [0.2, 0.25) is 0 Å². The lowest BCUT2D eigenvalue weighted by Gasteiger charge is -2.33. The zero-order valence-electron chi connectivity index (χ0n) is 7.79. The van der Waals surface area contributed by atoms with Crippen molar-refractivity contribution in [1.82, 2.24) is 4.90 Å². The Hall–Kier alpha value is -0.380. The molecule has 1 heterocycles. The first kappa shape index (κ1) is 9.71. The fraction of sp³-hybridized carbons (Fsp3) is 0.875. The van der Waals surface area contributed by atoms with Crippen LogP contribution in [0.25, 0.3) is 0 Å². The third-order valence-corrected chi connectivity index (χ3v) is 3.17. The summed E-state index contributed by atoms with van der Waals surface area (Å²) in [7, 11) is 0. The van der Waals surface area contributed by atoms with Crippen molar-refractivity contribution in [1.29, 1.82) is 0 Å². The zero-order chi connectivity index (χ0) is 8.97. The standard InChI is InChI=1S/C8H17N3S/c1-3-10-8(9)11-4-5-12-6-7(11)2/h7H,3-6H2,1-2H3,(H2,9,10). The van der Waals surface area contributed by atoms with Crippen molar-refractivity contribution in [2.75, 3.05) is 24.6 Å². The molecule has 12 heavy (non-hydrogen) atoms. The number of aliphatic imine (C=N–C) groups is 1. The normalized spacial score (nSPS) is 26.0. The highest BCUT2D eigenvalue weighted by molar-refractivity contribution is 7.99. The van der Waals surface area contributed by atoms with Gasteiger partial charge in [0.25, 0.3) is 0 Å². The molecule has 1 saturated heterocycles. The summed E-state index contributed by atoms with van der Waals surface area (Å²) in [4.78, 5) is 6.40. The van der Waals surface area contributed by atoms with Crippen LogP contribution < -0.4 is 5.73 Å². The maximum absolute atomic E-state index is 5.82. The Bertz CT molecular complexity index is 170. The molecule has 0 saturated carbocycles. The van der Waals surface area contributed by atoms with Crippen LogP contribution >= 0.6 is 11.8 Å². The molecule has 1 aliphatic heterocycles. The van der Waals surface area contributed by atoms with E-state index in [9.17, 15) is 0 Å². The van der Waals surface area contributed by atoms with E-state index in [1.807, 2.05) is 18.7 Å². The smallest absolute Gasteiger partial charge is 0.191 e. The molecular formula is C8H17N3S. The number of nitrogens with zero attached hydrogens (tertiary/aromatic N) is 2. The molecule has 1 aliphatic rings. The van der Waals surface area contributed by atoms with Gasteiger partial charge in [0.05, 0.1) is 0 Å². The summed E-state index contributed by atoms with van der Waals surface area (Å²) in [6.07, 6.45) is 0. The second kappa shape index (κ2) is 4.60. The van der Waals surface area contributed by atoms with Gasteiger partial charge in [-0.2, -0.15) is 11.8 Å². The van der Waals surface area contributed by atoms with Crippen LogP contribution in [-0.4, -0.2) is 41.5 Å². The second-order valence-electron chi connectivity index (χ2n) is 2.95. The van der Waals surface area contributed by atoms with Gasteiger partial charge >= 0.3 is 0 Å². The van der Waals surface area contributed by atoms with Crippen molar-refractivity contribution < 1.29 is 0 Å². The van der Waals surface area contributed by atoms with Crippen molar-refractivity contribution in [2.45, 2.75) is 19.9 Å². The van der Waals surface area contributed by atoms with Crippen molar-refractivity contribution >= 4 is 17.7 Å². The van der Waals surface area contributed by atoms with Crippen LogP contribution in [0.15, 0.2) is 4.99 Å². The van der Waals surface area contributed by atoms with Crippen LogP contribution in [0.3, 0.4) is 0 Å². The summed E-state index contributed by atoms with van der Waals surface area (Å²) in [5.74, 6) is 3.05. The third-order valence-electron chi connectivity index (χ3n) is 1.98. The lowest BCUT2D eigenvalue weighted by atomic mass is 10.3. The molecule has 3 nitrogen and oxygen atoms in total. The quantitative estimate of drug-likeness (QED) is 0.487. The number of hydrogen-bond acceptors (Lipinski definition) is 2. The SMILES string of the molecule is CCN=C(N)N1CCSCC1C. The van der Waals surface area contributed by atoms with Gasteiger partial charge in [0.1, 0.15) is 0 Å². The summed E-state index contributed by atoms with van der Waals surface area (Å²) >= 11 is 1.99. The first-order chi connectivity index (χ1) is 5.75. The highest BCUT2D eigenvalue weighted by Gasteiger charge is 2.19. The monoisotopic (exact) mass is 187 g/mol. The molecule has 0 aromatic carbocycles. The maximum Gasteiger partial charge on any atom is 0.191 e. The predicted octanol–water partition coefficient (Wildman–Crippen LogP) is 0.758. The van der Waals surface area contributed by atoms with Crippen LogP contribution in [0.5, 0.6) is 0 Å². The van der Waals surface area contributed by atoms with E-state index in [0.717, 1.165) is 13.1 Å². The molecule has 0 bridgehead atoms. The largest absolute Gasteiger partial charge is 0.370 e. The molecule has 70 valence electrons. The van der Waals surface area contributed by atoms with Gasteiger partial charge in [0.2, 0.25) is 0 Å². The summed E-state index contributed by atoms with van der Waals surface area (Å²) in [6, 6.07) is 0.541. The van der Waals surface area contributed by atoms with E-state index in [1.165, 1.54) is 11.5 Å². The van der Waals surface area contributed by atoms with Crippen LogP contribution in [-0.2, 0) is 0 Å². The van der Waals surface area contributed by atoms with Crippen molar-refractivity contribution in [3.8, 4) is 0 Å². The van der Waals surface area contributed by atoms with Gasteiger partial charge < -0.3 is 10.6 Å². The van der Waals surface area contributed by atoms with E-state index in [2.05, 4.69) is 16.8 Å². The Morgan fingerprint density at radius 3 is 3.08 bits per heavy atom.